The van der Waals surface area contributed by atoms with Crippen molar-refractivity contribution in [3.63, 3.8) is 0 Å². The molecule has 1 aliphatic heterocycles. The summed E-state index contributed by atoms with van der Waals surface area (Å²) in [6.45, 7) is 1.20. The number of carbonyl (C=O) groups is 2. The molecule has 1 aromatic carbocycles. The molecule has 1 saturated heterocycles. The van der Waals surface area contributed by atoms with Crippen molar-refractivity contribution in [1.29, 1.82) is 0 Å². The summed E-state index contributed by atoms with van der Waals surface area (Å²) in [5.41, 5.74) is 1.82. The standard InChI is InChI=1S/C25H30N2O2S/c1-26(2)24(29)25(14-15-27(18-25)23(28)21-7-4-3-5-8-21)17-19-10-12-20(13-11-19)22-9-6-16-30-22/h3-4,6,9-13,16,21H,5,7-8,14-15,17-18H2,1-2H3/t21-,25-/m1/s1. The maximum absolute atomic E-state index is 13.2. The Labute approximate surface area is 183 Å². The number of thiophene rings is 1. The fraction of sp³-hybridized carbons (Fsp3) is 0.440. The fourth-order valence-corrected chi connectivity index (χ4v) is 5.56. The van der Waals surface area contributed by atoms with Crippen molar-refractivity contribution in [2.75, 3.05) is 27.2 Å². The third-order valence-corrected chi connectivity index (χ3v) is 7.36. The van der Waals surface area contributed by atoms with Crippen molar-refractivity contribution >= 4 is 23.2 Å². The summed E-state index contributed by atoms with van der Waals surface area (Å²) in [4.78, 5) is 31.2. The summed E-state index contributed by atoms with van der Waals surface area (Å²) < 4.78 is 0. The summed E-state index contributed by atoms with van der Waals surface area (Å²) in [5.74, 6) is 0.426. The zero-order chi connectivity index (χ0) is 21.1. The van der Waals surface area contributed by atoms with Gasteiger partial charge < -0.3 is 9.80 Å². The second kappa shape index (κ2) is 8.76. The maximum Gasteiger partial charge on any atom is 0.230 e. The summed E-state index contributed by atoms with van der Waals surface area (Å²) in [6, 6.07) is 12.7. The molecule has 5 heteroatoms. The fourth-order valence-electron chi connectivity index (χ4n) is 4.83. The van der Waals surface area contributed by atoms with Crippen LogP contribution in [-0.2, 0) is 16.0 Å². The van der Waals surface area contributed by atoms with Gasteiger partial charge in [-0.05, 0) is 54.7 Å². The number of allylic oxidation sites excluding steroid dienone is 2. The summed E-state index contributed by atoms with van der Waals surface area (Å²) in [5, 5.41) is 2.08. The molecule has 0 spiro atoms. The van der Waals surface area contributed by atoms with Gasteiger partial charge in [0.2, 0.25) is 11.8 Å². The van der Waals surface area contributed by atoms with Crippen LogP contribution < -0.4 is 0 Å². The van der Waals surface area contributed by atoms with Gasteiger partial charge in [-0.1, -0.05) is 42.5 Å². The first-order valence-electron chi connectivity index (χ1n) is 10.8. The molecule has 0 radical (unpaired) electrons. The predicted octanol–water partition coefficient (Wildman–Crippen LogP) is 4.62. The van der Waals surface area contributed by atoms with Crippen LogP contribution in [-0.4, -0.2) is 48.8 Å². The van der Waals surface area contributed by atoms with Gasteiger partial charge in [-0.25, -0.2) is 0 Å². The molecule has 2 amide bonds. The Morgan fingerprint density at radius 1 is 1.17 bits per heavy atom. The molecule has 4 nitrogen and oxygen atoms in total. The van der Waals surface area contributed by atoms with Crippen LogP contribution >= 0.6 is 11.3 Å². The first-order chi connectivity index (χ1) is 14.5. The number of hydrogen-bond acceptors (Lipinski definition) is 3. The monoisotopic (exact) mass is 422 g/mol. The van der Waals surface area contributed by atoms with E-state index in [0.717, 1.165) is 31.2 Å². The highest BCUT2D eigenvalue weighted by atomic mass is 32.1. The molecule has 2 heterocycles. The van der Waals surface area contributed by atoms with Crippen LogP contribution in [0.1, 0.15) is 31.2 Å². The molecule has 1 fully saturated rings. The Morgan fingerprint density at radius 3 is 2.60 bits per heavy atom. The van der Waals surface area contributed by atoms with E-state index >= 15 is 0 Å². The molecule has 4 rings (SSSR count). The van der Waals surface area contributed by atoms with Gasteiger partial charge in [0.25, 0.3) is 0 Å². The van der Waals surface area contributed by atoms with Crippen molar-refractivity contribution in [2.45, 2.75) is 32.1 Å². The molecule has 0 saturated carbocycles. The van der Waals surface area contributed by atoms with Gasteiger partial charge in [-0.3, -0.25) is 9.59 Å². The second-order valence-electron chi connectivity index (χ2n) is 8.82. The van der Waals surface area contributed by atoms with Gasteiger partial charge in [0.1, 0.15) is 0 Å². The first-order valence-corrected chi connectivity index (χ1v) is 11.6. The number of carbonyl (C=O) groups excluding carboxylic acids is 2. The van der Waals surface area contributed by atoms with E-state index in [9.17, 15) is 9.59 Å². The molecule has 2 aliphatic rings. The zero-order valence-corrected chi connectivity index (χ0v) is 18.7. The van der Waals surface area contributed by atoms with Crippen LogP contribution in [0.3, 0.4) is 0 Å². The molecule has 0 N–H and O–H groups in total. The van der Waals surface area contributed by atoms with Gasteiger partial charge in [0.15, 0.2) is 0 Å². The maximum atomic E-state index is 13.2. The van der Waals surface area contributed by atoms with E-state index in [-0.39, 0.29) is 17.7 Å². The van der Waals surface area contributed by atoms with E-state index in [2.05, 4.69) is 53.9 Å². The van der Waals surface area contributed by atoms with Gasteiger partial charge in [-0.2, -0.15) is 0 Å². The van der Waals surface area contributed by atoms with Crippen molar-refractivity contribution in [2.24, 2.45) is 11.3 Å². The highest BCUT2D eigenvalue weighted by Crippen LogP contribution is 2.38. The normalized spacial score (nSPS) is 23.5. The van der Waals surface area contributed by atoms with Crippen molar-refractivity contribution in [3.8, 4) is 10.4 Å². The molecule has 2 atom stereocenters. The number of hydrogen-bond donors (Lipinski definition) is 0. The minimum atomic E-state index is -0.534. The number of rotatable bonds is 5. The highest BCUT2D eigenvalue weighted by Gasteiger charge is 2.47. The topological polar surface area (TPSA) is 40.6 Å². The highest BCUT2D eigenvalue weighted by molar-refractivity contribution is 7.13. The summed E-state index contributed by atoms with van der Waals surface area (Å²) in [6.07, 6.45) is 8.40. The van der Waals surface area contributed by atoms with Crippen LogP contribution in [0.4, 0.5) is 0 Å². The molecule has 1 aliphatic carbocycles. The Hall–Kier alpha value is -2.40. The largest absolute Gasteiger partial charge is 0.348 e. The van der Waals surface area contributed by atoms with Crippen LogP contribution in [0.2, 0.25) is 0 Å². The van der Waals surface area contributed by atoms with E-state index in [1.54, 1.807) is 16.2 Å². The first kappa shape index (κ1) is 20.9. The number of benzene rings is 1. The van der Waals surface area contributed by atoms with E-state index in [4.69, 9.17) is 0 Å². The van der Waals surface area contributed by atoms with Crippen LogP contribution in [0.25, 0.3) is 10.4 Å². The molecule has 0 bridgehead atoms. The Kier molecular flexibility index (Phi) is 6.09. The van der Waals surface area contributed by atoms with E-state index in [1.807, 2.05) is 19.0 Å². The lowest BCUT2D eigenvalue weighted by Crippen LogP contribution is -2.45. The molecular formula is C25H30N2O2S. The Bertz CT molecular complexity index is 917. The minimum absolute atomic E-state index is 0.0744. The van der Waals surface area contributed by atoms with Gasteiger partial charge in [0.05, 0.1) is 5.41 Å². The van der Waals surface area contributed by atoms with Gasteiger partial charge in [0, 0.05) is 38.0 Å². The van der Waals surface area contributed by atoms with Crippen molar-refractivity contribution in [3.05, 3.63) is 59.5 Å². The molecule has 1 aromatic heterocycles. The molecular weight excluding hydrogens is 392 g/mol. The lowest BCUT2D eigenvalue weighted by Gasteiger charge is -2.32. The van der Waals surface area contributed by atoms with E-state index in [1.165, 1.54) is 10.4 Å². The average Bonchev–Trinajstić information content (AvgIpc) is 3.45. The summed E-state index contributed by atoms with van der Waals surface area (Å²) >= 11 is 1.73. The number of nitrogens with zero attached hydrogens (tertiary/aromatic N) is 2. The quantitative estimate of drug-likeness (QED) is 0.660. The van der Waals surface area contributed by atoms with E-state index in [0.29, 0.717) is 19.5 Å². The molecule has 158 valence electrons. The molecule has 30 heavy (non-hydrogen) atoms. The lowest BCUT2D eigenvalue weighted by atomic mass is 9.79. The SMILES string of the molecule is CN(C)C(=O)[C@@]1(Cc2ccc(-c3cccs3)cc2)CCN(C(=O)[C@@H]2CC=CCC2)C1. The Balaban J connectivity index is 1.52. The van der Waals surface area contributed by atoms with Crippen molar-refractivity contribution < 1.29 is 9.59 Å². The van der Waals surface area contributed by atoms with Crippen LogP contribution in [0, 0.1) is 11.3 Å². The molecule has 0 unspecified atom stereocenters. The predicted molar refractivity (Wildman–Crippen MR) is 122 cm³/mol. The average molecular weight is 423 g/mol. The van der Waals surface area contributed by atoms with Gasteiger partial charge in [-0.15, -0.1) is 11.3 Å². The summed E-state index contributed by atoms with van der Waals surface area (Å²) in [7, 11) is 3.64. The number of amides is 2. The number of likely N-dealkylation sites (tertiary alicyclic amines) is 1. The third-order valence-electron chi connectivity index (χ3n) is 6.45. The van der Waals surface area contributed by atoms with Crippen LogP contribution in [0.15, 0.2) is 53.9 Å². The van der Waals surface area contributed by atoms with Crippen molar-refractivity contribution in [1.82, 2.24) is 9.80 Å². The van der Waals surface area contributed by atoms with Gasteiger partial charge >= 0.3 is 0 Å². The van der Waals surface area contributed by atoms with E-state index < -0.39 is 5.41 Å². The Morgan fingerprint density at radius 2 is 1.97 bits per heavy atom. The lowest BCUT2D eigenvalue weighted by molar-refractivity contribution is -0.140. The second-order valence-corrected chi connectivity index (χ2v) is 9.77. The smallest absolute Gasteiger partial charge is 0.230 e. The third kappa shape index (κ3) is 4.22. The van der Waals surface area contributed by atoms with Crippen LogP contribution in [0.5, 0.6) is 0 Å². The molecule has 2 aromatic rings. The minimum Gasteiger partial charge on any atom is -0.348 e. The zero-order valence-electron chi connectivity index (χ0n) is 17.8.